The predicted molar refractivity (Wildman–Crippen MR) is 162 cm³/mol. The van der Waals surface area contributed by atoms with E-state index in [0.29, 0.717) is 0 Å². The molecule has 4 rings (SSSR count). The number of nitrogens with zero attached hydrogens (tertiary/aromatic N) is 3. The molecule has 0 aliphatic carbocycles. The van der Waals surface area contributed by atoms with Gasteiger partial charge in [0.05, 0.1) is 17.1 Å². The van der Waals surface area contributed by atoms with Crippen LogP contribution in [0.2, 0.25) is 5.02 Å². The van der Waals surface area contributed by atoms with E-state index in [1.807, 2.05) is 43.4 Å². The maximum Gasteiger partial charge on any atom is 0.0567 e. The van der Waals surface area contributed by atoms with Crippen LogP contribution in [0, 0.1) is 0 Å². The van der Waals surface area contributed by atoms with Crippen LogP contribution in [0.25, 0.3) is 0 Å². The maximum atomic E-state index is 6.42. The smallest absolute Gasteiger partial charge is 0.0567 e. The van der Waals surface area contributed by atoms with Crippen LogP contribution in [-0.4, -0.2) is 37.8 Å². The van der Waals surface area contributed by atoms with Gasteiger partial charge in [0.15, 0.2) is 0 Å². The molecule has 2 aromatic carbocycles. The minimum absolute atomic E-state index is 0.769. The van der Waals surface area contributed by atoms with Crippen LogP contribution in [0.15, 0.2) is 91.8 Å². The molecule has 2 heterocycles. The average Bonchev–Trinajstić information content (AvgIpc) is 2.83. The van der Waals surface area contributed by atoms with E-state index in [2.05, 4.69) is 90.4 Å². The Morgan fingerprint density at radius 1 is 1.11 bits per heavy atom. The molecule has 0 fully saturated rings. The molecule has 0 unspecified atom stereocenters. The van der Waals surface area contributed by atoms with Gasteiger partial charge in [-0.15, -0.1) is 11.8 Å². The van der Waals surface area contributed by atoms with Crippen LogP contribution in [-0.2, 0) is 0 Å². The monoisotopic (exact) mass is 557 g/mol. The Bertz CT molecular complexity index is 1240. The van der Waals surface area contributed by atoms with Gasteiger partial charge in [0.1, 0.15) is 0 Å². The lowest BCUT2D eigenvalue weighted by molar-refractivity contribution is 0.402. The normalized spacial score (nSPS) is 17.4. The minimum atomic E-state index is 0.769. The Labute approximate surface area is 234 Å². The summed E-state index contributed by atoms with van der Waals surface area (Å²) in [6.07, 6.45) is 9.52. The van der Waals surface area contributed by atoms with Gasteiger partial charge in [-0.2, -0.15) is 0 Å². The molecule has 190 valence electrons. The fourth-order valence-corrected chi connectivity index (χ4v) is 6.66. The number of anilines is 3. The second-order valence-corrected chi connectivity index (χ2v) is 12.5. The van der Waals surface area contributed by atoms with Crippen molar-refractivity contribution >= 4 is 63.8 Å². The number of halogens is 2. The summed E-state index contributed by atoms with van der Waals surface area (Å²) in [4.78, 5) is 10.8. The minimum Gasteiger partial charge on any atom is -0.340 e. The molecule has 0 bridgehead atoms. The number of benzene rings is 2. The van der Waals surface area contributed by atoms with Crippen LogP contribution in [0.1, 0.15) is 27.2 Å². The Morgan fingerprint density at radius 2 is 1.92 bits per heavy atom. The van der Waals surface area contributed by atoms with Gasteiger partial charge >= 0.3 is 0 Å². The highest BCUT2D eigenvalue weighted by Crippen LogP contribution is 2.51. The number of hydrogen-bond acceptors (Lipinski definition) is 5. The van der Waals surface area contributed by atoms with Crippen molar-refractivity contribution in [3.8, 4) is 0 Å². The van der Waals surface area contributed by atoms with E-state index in [0.717, 1.165) is 46.7 Å². The third kappa shape index (κ3) is 6.20. The number of fused-ring (bicyclic) bond motifs is 2. The molecule has 0 saturated carbocycles. The van der Waals surface area contributed by atoms with Gasteiger partial charge in [-0.3, -0.25) is 0 Å². The fraction of sp³-hybridized carbons (Fsp3) is 0.310. The summed E-state index contributed by atoms with van der Waals surface area (Å²) in [5.41, 5.74) is 5.93. The van der Waals surface area contributed by atoms with Crippen molar-refractivity contribution in [2.24, 2.45) is 0 Å². The molecule has 0 N–H and O–H groups in total. The summed E-state index contributed by atoms with van der Waals surface area (Å²) in [7, 11) is 4.24. The summed E-state index contributed by atoms with van der Waals surface area (Å²) >= 11 is 16.5. The van der Waals surface area contributed by atoms with Gasteiger partial charge in [-0.1, -0.05) is 47.1 Å². The summed E-state index contributed by atoms with van der Waals surface area (Å²) < 4.78 is 0. The number of thioether (sulfide) groups is 1. The quantitative estimate of drug-likeness (QED) is 0.334. The number of allylic oxidation sites excluding steroid dienone is 6. The average molecular weight is 559 g/mol. The van der Waals surface area contributed by atoms with Gasteiger partial charge in [0, 0.05) is 48.4 Å². The lowest BCUT2D eigenvalue weighted by atomic mass is 10.1. The van der Waals surface area contributed by atoms with Gasteiger partial charge < -0.3 is 14.7 Å². The van der Waals surface area contributed by atoms with E-state index in [9.17, 15) is 0 Å². The zero-order valence-electron chi connectivity index (χ0n) is 21.5. The third-order valence-corrected chi connectivity index (χ3v) is 8.59. The molecule has 3 nitrogen and oxygen atoms in total. The summed E-state index contributed by atoms with van der Waals surface area (Å²) in [5.74, 6) is 0.914. The van der Waals surface area contributed by atoms with Gasteiger partial charge in [-0.25, -0.2) is 0 Å². The first kappa shape index (κ1) is 27.3. The second kappa shape index (κ2) is 12.2. The highest BCUT2D eigenvalue weighted by Gasteiger charge is 2.27. The highest BCUT2D eigenvalue weighted by molar-refractivity contribution is 8.03. The summed E-state index contributed by atoms with van der Waals surface area (Å²) in [5, 5.41) is 1.54. The molecular weight excluding hydrogens is 525 g/mol. The van der Waals surface area contributed by atoms with Crippen molar-refractivity contribution in [1.82, 2.24) is 4.90 Å². The third-order valence-electron chi connectivity index (χ3n) is 6.05. The van der Waals surface area contributed by atoms with Gasteiger partial charge in [0.25, 0.3) is 0 Å². The first-order chi connectivity index (χ1) is 17.3. The topological polar surface area (TPSA) is 9.72 Å². The van der Waals surface area contributed by atoms with E-state index in [4.69, 9.17) is 23.2 Å². The lowest BCUT2D eigenvalue weighted by Crippen LogP contribution is -2.28. The van der Waals surface area contributed by atoms with Crippen molar-refractivity contribution in [2.45, 2.75) is 37.0 Å². The standard InChI is InChI=1S/C29H33Cl2N3S2/c1-6-7-9-24-19-35-21(3)26(16-20(2)30)34(24)23-11-12-25-29(18-23)36-28-13-10-22(31)17-27(28)33(25)15-8-14-32(4)5/h6-7,9-13,16-18H,8,14-15,19H2,1-5H3/b7-6-,20-16+,24-9+. The van der Waals surface area contributed by atoms with Crippen LogP contribution in [0.5, 0.6) is 0 Å². The molecule has 2 aliphatic rings. The van der Waals surface area contributed by atoms with Gasteiger partial charge in [0.2, 0.25) is 0 Å². The van der Waals surface area contributed by atoms with E-state index >= 15 is 0 Å². The summed E-state index contributed by atoms with van der Waals surface area (Å²) in [6.45, 7) is 8.13. The first-order valence-electron chi connectivity index (χ1n) is 12.1. The fourth-order valence-electron chi connectivity index (χ4n) is 4.39. The van der Waals surface area contributed by atoms with E-state index in [1.54, 1.807) is 0 Å². The molecule has 0 radical (unpaired) electrons. The molecule has 36 heavy (non-hydrogen) atoms. The van der Waals surface area contributed by atoms with Crippen molar-refractivity contribution in [3.63, 3.8) is 0 Å². The maximum absolute atomic E-state index is 6.42. The molecular formula is C29H33Cl2N3S2. The van der Waals surface area contributed by atoms with E-state index in [-0.39, 0.29) is 0 Å². The summed E-state index contributed by atoms with van der Waals surface area (Å²) in [6, 6.07) is 13.0. The van der Waals surface area contributed by atoms with Crippen molar-refractivity contribution < 1.29 is 0 Å². The highest BCUT2D eigenvalue weighted by atomic mass is 35.5. The molecule has 2 aliphatic heterocycles. The SMILES string of the molecule is C/C=C\C=C1/CSC(C)=C(/C=C(\C)Cl)N1c1ccc2c(c1)Sc1ccc(Cl)cc1N2CCCN(C)C. The van der Waals surface area contributed by atoms with Crippen LogP contribution in [0.4, 0.5) is 17.1 Å². The van der Waals surface area contributed by atoms with E-state index < -0.39 is 0 Å². The Hall–Kier alpha value is -1.76. The number of rotatable bonds is 7. The van der Waals surface area contributed by atoms with Crippen molar-refractivity contribution in [3.05, 3.63) is 87.1 Å². The molecule has 0 amide bonds. The second-order valence-electron chi connectivity index (χ2n) is 9.16. The Kier molecular flexibility index (Phi) is 9.24. The molecule has 0 atom stereocenters. The van der Waals surface area contributed by atoms with Crippen molar-refractivity contribution in [1.29, 1.82) is 0 Å². The van der Waals surface area contributed by atoms with Gasteiger partial charge in [-0.05, 0) is 96.4 Å². The zero-order valence-corrected chi connectivity index (χ0v) is 24.7. The van der Waals surface area contributed by atoms with Crippen LogP contribution in [0.3, 0.4) is 0 Å². The number of hydrogen-bond donors (Lipinski definition) is 0. The van der Waals surface area contributed by atoms with Crippen LogP contribution < -0.4 is 9.80 Å². The molecule has 0 saturated heterocycles. The Morgan fingerprint density at radius 3 is 2.64 bits per heavy atom. The molecule has 0 aromatic heterocycles. The lowest BCUT2D eigenvalue weighted by Gasteiger charge is -2.37. The molecule has 7 heteroatoms. The largest absolute Gasteiger partial charge is 0.340 e. The van der Waals surface area contributed by atoms with Crippen molar-refractivity contribution in [2.75, 3.05) is 42.7 Å². The van der Waals surface area contributed by atoms with E-state index in [1.165, 1.54) is 31.8 Å². The molecule has 0 spiro atoms. The molecule has 2 aromatic rings. The van der Waals surface area contributed by atoms with Crippen LogP contribution >= 0.6 is 46.7 Å². The Balaban J connectivity index is 1.80. The predicted octanol–water partition coefficient (Wildman–Crippen LogP) is 9.28. The first-order valence-corrected chi connectivity index (χ1v) is 14.7. The zero-order chi connectivity index (χ0) is 25.8.